The van der Waals surface area contributed by atoms with Gasteiger partial charge >= 0.3 is 0 Å². The van der Waals surface area contributed by atoms with E-state index in [4.69, 9.17) is 5.26 Å². The van der Waals surface area contributed by atoms with E-state index in [2.05, 4.69) is 0 Å². The van der Waals surface area contributed by atoms with Gasteiger partial charge in [-0.25, -0.2) is 9.13 Å². The fraction of sp³-hybridized carbons (Fsp3) is 0.333. The van der Waals surface area contributed by atoms with E-state index in [0.29, 0.717) is 6.54 Å². The van der Waals surface area contributed by atoms with Crippen LogP contribution < -0.4 is 4.57 Å². The molecule has 3 nitrogen and oxygen atoms in total. The summed E-state index contributed by atoms with van der Waals surface area (Å²) in [5.74, 6) is 0. The Morgan fingerprint density at radius 1 is 1.78 bits per heavy atom. The lowest BCUT2D eigenvalue weighted by molar-refractivity contribution is -0.684. The number of imidazole rings is 1. The average Bonchev–Trinajstić information content (AvgIpc) is 2.17. The fourth-order valence-electron chi connectivity index (χ4n) is 0.677. The van der Waals surface area contributed by atoms with E-state index in [1.807, 2.05) is 41.0 Å². The highest BCUT2D eigenvalue weighted by atomic mass is 15.1. The molecule has 0 unspecified atom stereocenters. The van der Waals surface area contributed by atoms with Crippen LogP contribution in [-0.2, 0) is 13.6 Å². The fourth-order valence-corrected chi connectivity index (χ4v) is 0.677. The van der Waals surface area contributed by atoms with Crippen molar-refractivity contribution >= 4 is 0 Å². The van der Waals surface area contributed by atoms with Gasteiger partial charge in [0.2, 0.25) is 6.33 Å². The van der Waals surface area contributed by atoms with E-state index in [9.17, 15) is 0 Å². The third-order valence-electron chi connectivity index (χ3n) is 1.08. The Morgan fingerprint density at radius 2 is 2.56 bits per heavy atom. The predicted molar refractivity (Wildman–Crippen MR) is 31.2 cm³/mol. The second kappa shape index (κ2) is 2.31. The molecule has 0 amide bonds. The lowest BCUT2D eigenvalue weighted by Crippen LogP contribution is -2.29. The molecule has 0 saturated heterocycles. The molecule has 1 heterocycles. The average molecular weight is 122 g/mol. The maximum atomic E-state index is 8.25. The molecule has 1 aromatic rings. The van der Waals surface area contributed by atoms with Crippen molar-refractivity contribution in [2.24, 2.45) is 7.05 Å². The second-order valence-electron chi connectivity index (χ2n) is 1.91. The summed E-state index contributed by atoms with van der Waals surface area (Å²) in [5.41, 5.74) is 0. The van der Waals surface area contributed by atoms with Crippen LogP contribution in [0.5, 0.6) is 0 Å². The molecule has 0 aliphatic heterocycles. The van der Waals surface area contributed by atoms with Gasteiger partial charge in [-0.2, -0.15) is 5.26 Å². The Labute approximate surface area is 53.8 Å². The van der Waals surface area contributed by atoms with Crippen LogP contribution in [0.1, 0.15) is 0 Å². The van der Waals surface area contributed by atoms with Gasteiger partial charge < -0.3 is 0 Å². The van der Waals surface area contributed by atoms with Gasteiger partial charge in [0, 0.05) is 0 Å². The zero-order chi connectivity index (χ0) is 6.69. The molecular weight excluding hydrogens is 114 g/mol. The molecule has 0 N–H and O–H groups in total. The minimum atomic E-state index is 0.431. The van der Waals surface area contributed by atoms with Crippen molar-refractivity contribution in [2.45, 2.75) is 6.54 Å². The van der Waals surface area contributed by atoms with E-state index in [-0.39, 0.29) is 0 Å². The maximum absolute atomic E-state index is 8.25. The van der Waals surface area contributed by atoms with Crippen molar-refractivity contribution in [3.8, 4) is 6.07 Å². The first-order valence-electron chi connectivity index (χ1n) is 2.71. The summed E-state index contributed by atoms with van der Waals surface area (Å²) in [5, 5.41) is 8.25. The minimum Gasteiger partial charge on any atom is -0.240 e. The molecule has 3 heteroatoms. The Morgan fingerprint density at radius 3 is 3.00 bits per heavy atom. The number of nitriles is 1. The summed E-state index contributed by atoms with van der Waals surface area (Å²) in [6, 6.07) is 2.05. The number of rotatable bonds is 1. The lowest BCUT2D eigenvalue weighted by atomic mass is 10.7. The topological polar surface area (TPSA) is 32.6 Å². The van der Waals surface area contributed by atoms with Gasteiger partial charge in [-0.3, -0.25) is 0 Å². The summed E-state index contributed by atoms with van der Waals surface area (Å²) in [7, 11) is 1.92. The monoisotopic (exact) mass is 122 g/mol. The van der Waals surface area contributed by atoms with Crippen LogP contribution in [0.2, 0.25) is 0 Å². The maximum Gasteiger partial charge on any atom is 0.244 e. The van der Waals surface area contributed by atoms with Gasteiger partial charge in [0.1, 0.15) is 18.5 Å². The largest absolute Gasteiger partial charge is 0.244 e. The summed E-state index contributed by atoms with van der Waals surface area (Å²) < 4.78 is 3.72. The third kappa shape index (κ3) is 1.29. The third-order valence-corrected chi connectivity index (χ3v) is 1.08. The quantitative estimate of drug-likeness (QED) is 0.476. The molecule has 1 rings (SSSR count). The van der Waals surface area contributed by atoms with Crippen LogP contribution in [0.15, 0.2) is 18.7 Å². The highest BCUT2D eigenvalue weighted by molar-refractivity contribution is 4.66. The van der Waals surface area contributed by atoms with Gasteiger partial charge in [-0.05, 0) is 0 Å². The van der Waals surface area contributed by atoms with Gasteiger partial charge in [-0.15, -0.1) is 0 Å². The molecule has 0 saturated carbocycles. The number of aryl methyl sites for hydroxylation is 1. The van der Waals surface area contributed by atoms with Crippen LogP contribution in [0.25, 0.3) is 0 Å². The summed E-state index contributed by atoms with van der Waals surface area (Å²) in [6.07, 6.45) is 5.63. The molecule has 0 radical (unpaired) electrons. The van der Waals surface area contributed by atoms with Gasteiger partial charge in [0.05, 0.1) is 7.05 Å². The zero-order valence-electron chi connectivity index (χ0n) is 5.28. The van der Waals surface area contributed by atoms with E-state index in [0.717, 1.165) is 0 Å². The molecule has 46 valence electrons. The van der Waals surface area contributed by atoms with E-state index < -0.39 is 0 Å². The number of aromatic nitrogens is 2. The number of hydrogen-bond acceptors (Lipinski definition) is 1. The summed E-state index contributed by atoms with van der Waals surface area (Å²) >= 11 is 0. The SMILES string of the molecule is Cn1cc[n+](CC#N)c1. The highest BCUT2D eigenvalue weighted by Crippen LogP contribution is 1.74. The van der Waals surface area contributed by atoms with Crippen molar-refractivity contribution in [1.29, 1.82) is 5.26 Å². The molecular formula is C6H8N3+. The Kier molecular flexibility index (Phi) is 1.50. The lowest BCUT2D eigenvalue weighted by Gasteiger charge is -1.79. The highest BCUT2D eigenvalue weighted by Gasteiger charge is 1.95. The van der Waals surface area contributed by atoms with E-state index >= 15 is 0 Å². The van der Waals surface area contributed by atoms with Crippen molar-refractivity contribution in [2.75, 3.05) is 0 Å². The van der Waals surface area contributed by atoms with Gasteiger partial charge in [0.25, 0.3) is 0 Å². The zero-order valence-corrected chi connectivity index (χ0v) is 5.28. The first-order chi connectivity index (χ1) is 4.33. The minimum absolute atomic E-state index is 0.431. The van der Waals surface area contributed by atoms with Crippen LogP contribution in [0.3, 0.4) is 0 Å². The van der Waals surface area contributed by atoms with E-state index in [1.165, 1.54) is 0 Å². The van der Waals surface area contributed by atoms with E-state index in [1.54, 1.807) is 0 Å². The standard InChI is InChI=1S/C6H8N3/c1-8-4-5-9(6-8)3-2-7/h4-6H,3H2,1H3/q+1. The van der Waals surface area contributed by atoms with Crippen LogP contribution >= 0.6 is 0 Å². The molecule has 0 aliphatic carbocycles. The smallest absolute Gasteiger partial charge is 0.240 e. The van der Waals surface area contributed by atoms with Crippen molar-refractivity contribution in [1.82, 2.24) is 4.57 Å². The first-order valence-corrected chi connectivity index (χ1v) is 2.71. The number of nitrogens with zero attached hydrogens (tertiary/aromatic N) is 3. The second-order valence-corrected chi connectivity index (χ2v) is 1.91. The number of hydrogen-bond donors (Lipinski definition) is 0. The van der Waals surface area contributed by atoms with Crippen molar-refractivity contribution in [3.63, 3.8) is 0 Å². The van der Waals surface area contributed by atoms with Crippen LogP contribution in [0.4, 0.5) is 0 Å². The molecule has 1 aromatic heterocycles. The molecule has 0 fully saturated rings. The van der Waals surface area contributed by atoms with Gasteiger partial charge in [-0.1, -0.05) is 0 Å². The Bertz CT molecular complexity index is 231. The molecule has 0 spiro atoms. The molecule has 9 heavy (non-hydrogen) atoms. The van der Waals surface area contributed by atoms with Crippen molar-refractivity contribution < 1.29 is 4.57 Å². The predicted octanol–water partition coefficient (Wildman–Crippen LogP) is -0.164. The van der Waals surface area contributed by atoms with Gasteiger partial charge in [0.15, 0.2) is 6.54 Å². The van der Waals surface area contributed by atoms with Crippen LogP contribution in [-0.4, -0.2) is 4.57 Å². The van der Waals surface area contributed by atoms with Crippen molar-refractivity contribution in [3.05, 3.63) is 18.7 Å². The molecule has 0 aliphatic rings. The molecule has 0 atom stereocenters. The van der Waals surface area contributed by atoms with Crippen LogP contribution in [0, 0.1) is 11.3 Å². The summed E-state index contributed by atoms with van der Waals surface area (Å²) in [6.45, 7) is 0.431. The molecule has 0 aromatic carbocycles. The summed E-state index contributed by atoms with van der Waals surface area (Å²) in [4.78, 5) is 0. The Balaban J connectivity index is 2.76. The molecule has 0 bridgehead atoms. The normalized spacial score (nSPS) is 8.89. The first kappa shape index (κ1) is 5.83. The Hall–Kier alpha value is -1.30.